The van der Waals surface area contributed by atoms with Gasteiger partial charge in [0.2, 0.25) is 10.0 Å². The number of nitrogens with zero attached hydrogens (tertiary/aromatic N) is 2. The molecule has 6 nitrogen and oxygen atoms in total. The molecule has 0 atom stereocenters. The normalized spacial score (nSPS) is 13.2. The van der Waals surface area contributed by atoms with Gasteiger partial charge in [-0.3, -0.25) is 9.48 Å². The Labute approximate surface area is 126 Å². The largest absolute Gasteiger partial charge is 0.408 e. The van der Waals surface area contributed by atoms with Crippen molar-refractivity contribution in [2.75, 3.05) is 5.75 Å². The predicted octanol–water partition coefficient (Wildman–Crippen LogP) is 1.94. The van der Waals surface area contributed by atoms with E-state index >= 15 is 0 Å². The summed E-state index contributed by atoms with van der Waals surface area (Å²) in [5.41, 5.74) is -0.473. The highest BCUT2D eigenvalue weighted by molar-refractivity contribution is 7.90. The average molecular weight is 341 g/mol. The lowest BCUT2D eigenvalue weighted by molar-refractivity contribution is -0.142. The van der Waals surface area contributed by atoms with Crippen LogP contribution in [0.4, 0.5) is 13.2 Å². The lowest BCUT2D eigenvalue weighted by Gasteiger charge is -2.17. The van der Waals surface area contributed by atoms with Crippen molar-refractivity contribution in [3.05, 3.63) is 18.0 Å². The summed E-state index contributed by atoms with van der Waals surface area (Å²) >= 11 is 0. The van der Waals surface area contributed by atoms with Crippen LogP contribution in [0.25, 0.3) is 0 Å². The first-order valence-electron chi connectivity index (χ1n) is 6.41. The van der Waals surface area contributed by atoms with Crippen LogP contribution in [0.5, 0.6) is 0 Å². The molecule has 0 saturated heterocycles. The van der Waals surface area contributed by atoms with Crippen LogP contribution in [0.15, 0.2) is 12.4 Å². The Kier molecular flexibility index (Phi) is 5.26. The summed E-state index contributed by atoms with van der Waals surface area (Å²) in [7, 11) is -3.85. The van der Waals surface area contributed by atoms with E-state index in [1.807, 2.05) is 25.5 Å². The SMILES string of the molecule is CC(C)(C)CCS(=O)(=O)NC(=O)c1cnn(CC(F)(F)F)c1. The standard InChI is InChI=1S/C12H18F3N3O3S/c1-11(2,3)4-5-22(20,21)17-10(19)9-6-16-18(7-9)8-12(13,14)15/h6-7H,4-5,8H2,1-3H3,(H,17,19). The summed E-state index contributed by atoms with van der Waals surface area (Å²) in [5, 5.41) is 3.38. The Balaban J connectivity index is 2.69. The van der Waals surface area contributed by atoms with Crippen LogP contribution >= 0.6 is 0 Å². The van der Waals surface area contributed by atoms with Crippen molar-refractivity contribution in [3.63, 3.8) is 0 Å². The van der Waals surface area contributed by atoms with E-state index in [1.54, 1.807) is 0 Å². The number of alkyl halides is 3. The van der Waals surface area contributed by atoms with Crippen LogP contribution in [0.2, 0.25) is 0 Å². The van der Waals surface area contributed by atoms with Gasteiger partial charge in [0.25, 0.3) is 5.91 Å². The summed E-state index contributed by atoms with van der Waals surface area (Å²) < 4.78 is 62.4. The molecule has 1 N–H and O–H groups in total. The molecule has 126 valence electrons. The molecule has 22 heavy (non-hydrogen) atoms. The Morgan fingerprint density at radius 2 is 1.91 bits per heavy atom. The highest BCUT2D eigenvalue weighted by Gasteiger charge is 2.29. The van der Waals surface area contributed by atoms with Crippen LogP contribution in [0, 0.1) is 5.41 Å². The van der Waals surface area contributed by atoms with Gasteiger partial charge in [-0.05, 0) is 11.8 Å². The van der Waals surface area contributed by atoms with E-state index < -0.39 is 28.7 Å². The molecule has 1 heterocycles. The van der Waals surface area contributed by atoms with Gasteiger partial charge in [0.05, 0.1) is 17.5 Å². The second kappa shape index (κ2) is 6.27. The molecular formula is C12H18F3N3O3S. The molecule has 0 aliphatic rings. The maximum atomic E-state index is 12.2. The number of carbonyl (C=O) groups excluding carboxylic acids is 1. The quantitative estimate of drug-likeness (QED) is 0.887. The zero-order valence-corrected chi connectivity index (χ0v) is 13.3. The van der Waals surface area contributed by atoms with Crippen LogP contribution < -0.4 is 4.72 Å². The number of halogens is 3. The molecule has 0 unspecified atom stereocenters. The van der Waals surface area contributed by atoms with Crippen LogP contribution in [0.3, 0.4) is 0 Å². The first-order valence-corrected chi connectivity index (χ1v) is 8.07. The number of rotatable bonds is 5. The number of carbonyl (C=O) groups is 1. The van der Waals surface area contributed by atoms with E-state index in [2.05, 4.69) is 5.10 Å². The van der Waals surface area contributed by atoms with E-state index in [9.17, 15) is 26.4 Å². The van der Waals surface area contributed by atoms with Crippen molar-refractivity contribution in [2.45, 2.75) is 39.9 Å². The molecule has 0 bridgehead atoms. The molecule has 0 aliphatic heterocycles. The van der Waals surface area contributed by atoms with Gasteiger partial charge in [-0.1, -0.05) is 20.8 Å². The fourth-order valence-corrected chi connectivity index (χ4v) is 2.83. The smallest absolute Gasteiger partial charge is 0.268 e. The summed E-state index contributed by atoms with van der Waals surface area (Å²) in [6.45, 7) is 4.21. The summed E-state index contributed by atoms with van der Waals surface area (Å²) in [6, 6.07) is 0. The zero-order valence-electron chi connectivity index (χ0n) is 12.4. The Morgan fingerprint density at radius 3 is 2.41 bits per heavy atom. The van der Waals surface area contributed by atoms with Gasteiger partial charge >= 0.3 is 6.18 Å². The van der Waals surface area contributed by atoms with Crippen molar-refractivity contribution in [2.24, 2.45) is 5.41 Å². The molecule has 10 heteroatoms. The van der Waals surface area contributed by atoms with E-state index in [0.717, 1.165) is 12.4 Å². The first-order chi connectivity index (χ1) is 9.77. The van der Waals surface area contributed by atoms with Crippen molar-refractivity contribution in [1.82, 2.24) is 14.5 Å². The summed E-state index contributed by atoms with van der Waals surface area (Å²) in [5.74, 6) is -1.25. The number of sulfonamides is 1. The van der Waals surface area contributed by atoms with E-state index in [4.69, 9.17) is 0 Å². The second-order valence-electron chi connectivity index (χ2n) is 6.10. The third-order valence-electron chi connectivity index (χ3n) is 2.61. The van der Waals surface area contributed by atoms with Gasteiger partial charge in [0.1, 0.15) is 6.54 Å². The van der Waals surface area contributed by atoms with Crippen LogP contribution in [-0.2, 0) is 16.6 Å². The van der Waals surface area contributed by atoms with E-state index in [-0.39, 0.29) is 16.7 Å². The minimum absolute atomic E-state index is 0.227. The number of hydrogen-bond donors (Lipinski definition) is 1. The molecule has 1 aromatic heterocycles. The Bertz CT molecular complexity index is 630. The third-order valence-corrected chi connectivity index (χ3v) is 3.84. The maximum Gasteiger partial charge on any atom is 0.408 e. The topological polar surface area (TPSA) is 81.1 Å². The van der Waals surface area contributed by atoms with Gasteiger partial charge in [0, 0.05) is 6.20 Å². The van der Waals surface area contributed by atoms with E-state index in [1.165, 1.54) is 0 Å². The predicted molar refractivity (Wildman–Crippen MR) is 73.6 cm³/mol. The number of nitrogens with one attached hydrogen (secondary N) is 1. The minimum atomic E-state index is -4.47. The summed E-state index contributed by atoms with van der Waals surface area (Å²) in [4.78, 5) is 11.7. The maximum absolute atomic E-state index is 12.2. The molecular weight excluding hydrogens is 323 g/mol. The monoisotopic (exact) mass is 341 g/mol. The third kappa shape index (κ3) is 6.92. The highest BCUT2D eigenvalue weighted by Crippen LogP contribution is 2.19. The fraction of sp³-hybridized carbons (Fsp3) is 0.667. The summed E-state index contributed by atoms with van der Waals surface area (Å²) in [6.07, 6.45) is -2.40. The van der Waals surface area contributed by atoms with Gasteiger partial charge < -0.3 is 0 Å². The minimum Gasteiger partial charge on any atom is -0.268 e. The van der Waals surface area contributed by atoms with Gasteiger partial charge in [-0.15, -0.1) is 0 Å². The van der Waals surface area contributed by atoms with Crippen molar-refractivity contribution < 1.29 is 26.4 Å². The lowest BCUT2D eigenvalue weighted by Crippen LogP contribution is -2.33. The van der Waals surface area contributed by atoms with Gasteiger partial charge in [0.15, 0.2) is 0 Å². The average Bonchev–Trinajstić information content (AvgIpc) is 2.71. The molecule has 0 fully saturated rings. The Hall–Kier alpha value is -1.58. The highest BCUT2D eigenvalue weighted by atomic mass is 32.2. The molecule has 0 saturated carbocycles. The van der Waals surface area contributed by atoms with Crippen molar-refractivity contribution >= 4 is 15.9 Å². The fourth-order valence-electron chi connectivity index (χ4n) is 1.44. The Morgan fingerprint density at radius 1 is 1.32 bits per heavy atom. The molecule has 0 spiro atoms. The van der Waals surface area contributed by atoms with Crippen molar-refractivity contribution in [3.8, 4) is 0 Å². The molecule has 1 rings (SSSR count). The number of aromatic nitrogens is 2. The number of hydrogen-bond acceptors (Lipinski definition) is 4. The first kappa shape index (κ1) is 18.5. The molecule has 1 amide bonds. The van der Waals surface area contributed by atoms with Crippen molar-refractivity contribution in [1.29, 1.82) is 0 Å². The van der Waals surface area contributed by atoms with Gasteiger partial charge in [-0.25, -0.2) is 13.1 Å². The zero-order chi connectivity index (χ0) is 17.2. The molecule has 1 aromatic rings. The van der Waals surface area contributed by atoms with E-state index in [0.29, 0.717) is 11.1 Å². The lowest BCUT2D eigenvalue weighted by atomic mass is 9.94. The molecule has 0 aliphatic carbocycles. The molecule has 0 radical (unpaired) electrons. The van der Waals surface area contributed by atoms with Crippen LogP contribution in [-0.4, -0.2) is 36.0 Å². The number of amides is 1. The van der Waals surface area contributed by atoms with Gasteiger partial charge in [-0.2, -0.15) is 18.3 Å². The van der Waals surface area contributed by atoms with Crippen LogP contribution in [0.1, 0.15) is 37.6 Å². The molecule has 0 aromatic carbocycles. The second-order valence-corrected chi connectivity index (χ2v) is 7.94.